The molecule has 5 nitrogen and oxygen atoms in total. The van der Waals surface area contributed by atoms with Gasteiger partial charge in [-0.3, -0.25) is 9.79 Å². The van der Waals surface area contributed by atoms with E-state index in [9.17, 15) is 4.79 Å². The van der Waals surface area contributed by atoms with Gasteiger partial charge in [-0.1, -0.05) is 36.4 Å². The molecule has 0 radical (unpaired) electrons. The molecule has 0 spiro atoms. The summed E-state index contributed by atoms with van der Waals surface area (Å²) in [5.74, 6) is 0.607. The fraction of sp³-hybridized carbons (Fsp3) is 0.217. The second kappa shape index (κ2) is 9.20. The molecule has 1 amide bonds. The van der Waals surface area contributed by atoms with Gasteiger partial charge < -0.3 is 14.4 Å². The highest BCUT2D eigenvalue weighted by molar-refractivity contribution is 9.10. The fourth-order valence-electron chi connectivity index (χ4n) is 3.22. The zero-order chi connectivity index (χ0) is 20.1. The Labute approximate surface area is 178 Å². The lowest BCUT2D eigenvalue weighted by Crippen LogP contribution is -2.43. The third kappa shape index (κ3) is 4.83. The predicted molar refractivity (Wildman–Crippen MR) is 118 cm³/mol. The number of benzene rings is 3. The van der Waals surface area contributed by atoms with Gasteiger partial charge >= 0.3 is 0 Å². The molecular formula is C23H21BrN2O3. The second-order valence-electron chi connectivity index (χ2n) is 6.73. The summed E-state index contributed by atoms with van der Waals surface area (Å²) in [6.45, 7) is 2.42. The van der Waals surface area contributed by atoms with Crippen LogP contribution in [0.2, 0.25) is 0 Å². The first-order chi connectivity index (χ1) is 14.2. The molecule has 1 fully saturated rings. The Balaban J connectivity index is 1.43. The van der Waals surface area contributed by atoms with Crippen LogP contribution >= 0.6 is 15.9 Å². The lowest BCUT2D eigenvalue weighted by atomic mass is 10.1. The molecule has 3 aromatic rings. The van der Waals surface area contributed by atoms with Crippen LogP contribution in [-0.4, -0.2) is 49.9 Å². The number of hydrogen-bond acceptors (Lipinski definition) is 4. The smallest absolute Gasteiger partial charge is 0.260 e. The van der Waals surface area contributed by atoms with E-state index >= 15 is 0 Å². The number of fused-ring (bicyclic) bond motifs is 1. The highest BCUT2D eigenvalue weighted by atomic mass is 79.9. The van der Waals surface area contributed by atoms with Crippen molar-refractivity contribution >= 4 is 44.5 Å². The van der Waals surface area contributed by atoms with Crippen molar-refractivity contribution in [3.05, 3.63) is 70.7 Å². The minimum Gasteiger partial charge on any atom is -0.483 e. The lowest BCUT2D eigenvalue weighted by molar-refractivity contribution is -0.137. The molecular weight excluding hydrogens is 432 g/mol. The first-order valence-electron chi connectivity index (χ1n) is 9.50. The minimum atomic E-state index is -0.0261. The van der Waals surface area contributed by atoms with Crippen molar-refractivity contribution in [1.82, 2.24) is 4.90 Å². The molecule has 6 heteroatoms. The minimum absolute atomic E-state index is 0.0159. The van der Waals surface area contributed by atoms with Crippen LogP contribution < -0.4 is 4.74 Å². The van der Waals surface area contributed by atoms with Gasteiger partial charge in [0.25, 0.3) is 5.91 Å². The van der Waals surface area contributed by atoms with Gasteiger partial charge in [-0.2, -0.15) is 0 Å². The first kappa shape index (κ1) is 19.6. The van der Waals surface area contributed by atoms with Crippen LogP contribution in [0.25, 0.3) is 10.8 Å². The largest absolute Gasteiger partial charge is 0.483 e. The van der Waals surface area contributed by atoms with E-state index in [1.54, 1.807) is 4.90 Å². The first-order valence-corrected chi connectivity index (χ1v) is 10.3. The topological polar surface area (TPSA) is 51.1 Å². The Morgan fingerprint density at radius 3 is 2.72 bits per heavy atom. The molecule has 1 heterocycles. The van der Waals surface area contributed by atoms with Crippen LogP contribution in [0.15, 0.2) is 70.1 Å². The van der Waals surface area contributed by atoms with Gasteiger partial charge in [-0.25, -0.2) is 0 Å². The summed E-state index contributed by atoms with van der Waals surface area (Å²) in [6, 6.07) is 20.0. The summed E-state index contributed by atoms with van der Waals surface area (Å²) in [6.07, 6.45) is 1.83. The number of aliphatic imine (C=N–C) groups is 1. The number of morpholine rings is 1. The average molecular weight is 453 g/mol. The number of nitrogens with zero attached hydrogens (tertiary/aromatic N) is 2. The molecule has 0 N–H and O–H groups in total. The van der Waals surface area contributed by atoms with Crippen molar-refractivity contribution in [3.8, 4) is 5.75 Å². The molecule has 0 bridgehead atoms. The van der Waals surface area contributed by atoms with E-state index in [1.807, 2.05) is 48.7 Å². The van der Waals surface area contributed by atoms with Gasteiger partial charge in [-0.15, -0.1) is 0 Å². The number of ether oxygens (including phenoxy) is 2. The Morgan fingerprint density at radius 2 is 1.90 bits per heavy atom. The van der Waals surface area contributed by atoms with Crippen molar-refractivity contribution < 1.29 is 14.3 Å². The van der Waals surface area contributed by atoms with E-state index in [2.05, 4.69) is 39.1 Å². The lowest BCUT2D eigenvalue weighted by Gasteiger charge is -2.26. The maximum absolute atomic E-state index is 12.2. The van der Waals surface area contributed by atoms with Crippen molar-refractivity contribution in [3.63, 3.8) is 0 Å². The number of rotatable bonds is 5. The maximum atomic E-state index is 12.2. The Morgan fingerprint density at radius 1 is 1.10 bits per heavy atom. The Hall–Kier alpha value is -2.70. The van der Waals surface area contributed by atoms with Crippen LogP contribution in [-0.2, 0) is 9.53 Å². The van der Waals surface area contributed by atoms with E-state index in [1.165, 1.54) is 0 Å². The van der Waals surface area contributed by atoms with Crippen LogP contribution in [0.3, 0.4) is 0 Å². The summed E-state index contributed by atoms with van der Waals surface area (Å²) < 4.78 is 11.8. The van der Waals surface area contributed by atoms with E-state index in [0.29, 0.717) is 32.1 Å². The van der Waals surface area contributed by atoms with E-state index in [-0.39, 0.29) is 12.5 Å². The zero-order valence-electron chi connectivity index (χ0n) is 15.9. The second-order valence-corrected chi connectivity index (χ2v) is 7.58. The number of carbonyl (C=O) groups is 1. The molecule has 1 aliphatic heterocycles. The van der Waals surface area contributed by atoms with Crippen molar-refractivity contribution in [2.24, 2.45) is 4.99 Å². The van der Waals surface area contributed by atoms with Crippen LogP contribution in [0, 0.1) is 0 Å². The number of hydrogen-bond donors (Lipinski definition) is 0. The summed E-state index contributed by atoms with van der Waals surface area (Å²) in [4.78, 5) is 18.6. The van der Waals surface area contributed by atoms with Gasteiger partial charge in [0.15, 0.2) is 6.61 Å². The van der Waals surface area contributed by atoms with Crippen molar-refractivity contribution in [1.29, 1.82) is 0 Å². The standard InChI is InChI=1S/C23H21BrN2O3/c24-20-14-17(15-25-21-7-3-5-18-4-1-2-6-19(18)21)8-9-22(20)29-16-23(27)26-10-12-28-13-11-26/h1-9,14-15H,10-13,16H2. The van der Waals surface area contributed by atoms with E-state index in [4.69, 9.17) is 9.47 Å². The maximum Gasteiger partial charge on any atom is 0.260 e. The number of halogens is 1. The molecule has 3 aromatic carbocycles. The third-order valence-corrected chi connectivity index (χ3v) is 5.41. The highest BCUT2D eigenvalue weighted by Crippen LogP contribution is 2.28. The summed E-state index contributed by atoms with van der Waals surface area (Å²) >= 11 is 3.53. The summed E-state index contributed by atoms with van der Waals surface area (Å²) in [5, 5.41) is 2.28. The molecule has 0 unspecified atom stereocenters. The SMILES string of the molecule is O=C(COc1ccc(C=Nc2cccc3ccccc23)cc1Br)N1CCOCC1. The van der Waals surface area contributed by atoms with Gasteiger partial charge in [0, 0.05) is 24.7 Å². The molecule has 0 atom stereocenters. The molecule has 0 aliphatic carbocycles. The van der Waals surface area contributed by atoms with Crippen LogP contribution in [0.1, 0.15) is 5.56 Å². The third-order valence-electron chi connectivity index (χ3n) is 4.79. The Bertz CT molecular complexity index is 1040. The predicted octanol–water partition coefficient (Wildman–Crippen LogP) is 4.59. The molecule has 29 heavy (non-hydrogen) atoms. The molecule has 1 saturated heterocycles. The van der Waals surface area contributed by atoms with Crippen molar-refractivity contribution in [2.45, 2.75) is 0 Å². The quantitative estimate of drug-likeness (QED) is 0.531. The van der Waals surface area contributed by atoms with Crippen molar-refractivity contribution in [2.75, 3.05) is 32.9 Å². The number of carbonyl (C=O) groups excluding carboxylic acids is 1. The molecule has 0 aromatic heterocycles. The molecule has 148 valence electrons. The number of amides is 1. The normalized spacial score (nSPS) is 14.4. The van der Waals surface area contributed by atoms with Gasteiger partial charge in [0.2, 0.25) is 0 Å². The fourth-order valence-corrected chi connectivity index (χ4v) is 3.73. The van der Waals surface area contributed by atoms with Gasteiger partial charge in [0.05, 0.1) is 23.4 Å². The van der Waals surface area contributed by atoms with E-state index in [0.717, 1.165) is 26.5 Å². The molecule has 1 aliphatic rings. The summed E-state index contributed by atoms with van der Waals surface area (Å²) in [7, 11) is 0. The van der Waals surface area contributed by atoms with Crippen LogP contribution in [0.5, 0.6) is 5.75 Å². The zero-order valence-corrected chi connectivity index (χ0v) is 17.5. The average Bonchev–Trinajstić information content (AvgIpc) is 2.77. The van der Waals surface area contributed by atoms with Gasteiger partial charge in [-0.05, 0) is 51.1 Å². The van der Waals surface area contributed by atoms with Gasteiger partial charge in [0.1, 0.15) is 5.75 Å². The summed E-state index contributed by atoms with van der Waals surface area (Å²) in [5.41, 5.74) is 1.87. The molecule has 4 rings (SSSR count). The Kier molecular flexibility index (Phi) is 6.22. The van der Waals surface area contributed by atoms with Crippen LogP contribution in [0.4, 0.5) is 5.69 Å². The highest BCUT2D eigenvalue weighted by Gasteiger charge is 2.17. The monoisotopic (exact) mass is 452 g/mol. The van der Waals surface area contributed by atoms with E-state index < -0.39 is 0 Å². The molecule has 0 saturated carbocycles.